The lowest BCUT2D eigenvalue weighted by atomic mass is 10.2. The number of hydrogen-bond acceptors (Lipinski definition) is 7. The van der Waals surface area contributed by atoms with Crippen LogP contribution in [0.15, 0.2) is 36.7 Å². The topological polar surface area (TPSA) is 81.6 Å². The molecule has 1 aromatic heterocycles. The summed E-state index contributed by atoms with van der Waals surface area (Å²) in [7, 11) is 5.11. The summed E-state index contributed by atoms with van der Waals surface area (Å²) in [6, 6.07) is 7.65. The summed E-state index contributed by atoms with van der Waals surface area (Å²) in [5.41, 5.74) is 1.94. The van der Waals surface area contributed by atoms with Crippen molar-refractivity contribution in [1.29, 1.82) is 0 Å². The Kier molecular flexibility index (Phi) is 5.24. The molecule has 23 heavy (non-hydrogen) atoms. The molecule has 0 saturated carbocycles. The van der Waals surface area contributed by atoms with Gasteiger partial charge in [0, 0.05) is 19.8 Å². The van der Waals surface area contributed by atoms with E-state index in [0.29, 0.717) is 0 Å². The third-order valence-electron chi connectivity index (χ3n) is 3.05. The molecule has 1 aromatic carbocycles. The van der Waals surface area contributed by atoms with Gasteiger partial charge in [0.1, 0.15) is 6.61 Å². The zero-order valence-corrected chi connectivity index (χ0v) is 13.1. The first kappa shape index (κ1) is 16.4. The molecule has 7 nitrogen and oxygen atoms in total. The van der Waals surface area contributed by atoms with Crippen LogP contribution in [0, 0.1) is 0 Å². The molecule has 0 aliphatic heterocycles. The molecule has 1 heterocycles. The molecular weight excluding hydrogens is 298 g/mol. The molecule has 7 heteroatoms. The number of anilines is 1. The van der Waals surface area contributed by atoms with Crippen molar-refractivity contribution in [3.63, 3.8) is 0 Å². The van der Waals surface area contributed by atoms with Gasteiger partial charge in [0.05, 0.1) is 19.5 Å². The average Bonchev–Trinajstić information content (AvgIpc) is 2.59. The van der Waals surface area contributed by atoms with Gasteiger partial charge in [0.2, 0.25) is 0 Å². The molecule has 0 saturated heterocycles. The van der Waals surface area contributed by atoms with Crippen molar-refractivity contribution in [2.45, 2.75) is 6.61 Å². The van der Waals surface area contributed by atoms with E-state index in [1.54, 1.807) is 0 Å². The number of nitrogens with zero attached hydrogens (tertiary/aromatic N) is 3. The summed E-state index contributed by atoms with van der Waals surface area (Å²) in [6.45, 7) is 0.126. The lowest BCUT2D eigenvalue weighted by molar-refractivity contribution is 0.0463. The fourth-order valence-electron chi connectivity index (χ4n) is 1.79. The van der Waals surface area contributed by atoms with E-state index in [0.717, 1.165) is 11.3 Å². The van der Waals surface area contributed by atoms with Gasteiger partial charge >= 0.3 is 11.9 Å². The van der Waals surface area contributed by atoms with Gasteiger partial charge in [-0.25, -0.2) is 19.6 Å². The van der Waals surface area contributed by atoms with Crippen LogP contribution in [0.3, 0.4) is 0 Å². The summed E-state index contributed by atoms with van der Waals surface area (Å²) in [6.07, 6.45) is 2.36. The Morgan fingerprint density at radius 2 is 1.74 bits per heavy atom. The van der Waals surface area contributed by atoms with E-state index in [4.69, 9.17) is 4.74 Å². The molecule has 0 spiro atoms. The molecule has 0 bridgehead atoms. The Bertz CT molecular complexity index is 699. The first-order valence-electron chi connectivity index (χ1n) is 6.85. The minimum atomic E-state index is -0.613. The van der Waals surface area contributed by atoms with Crippen LogP contribution in [0.25, 0.3) is 0 Å². The monoisotopic (exact) mass is 315 g/mol. The highest BCUT2D eigenvalue weighted by Crippen LogP contribution is 2.14. The predicted octanol–water partition coefficient (Wildman–Crippen LogP) is 1.69. The van der Waals surface area contributed by atoms with Gasteiger partial charge < -0.3 is 14.4 Å². The number of rotatable bonds is 5. The first-order chi connectivity index (χ1) is 11.0. The van der Waals surface area contributed by atoms with Crippen LogP contribution < -0.4 is 4.90 Å². The van der Waals surface area contributed by atoms with Gasteiger partial charge in [-0.15, -0.1) is 0 Å². The Labute approximate surface area is 133 Å². The van der Waals surface area contributed by atoms with Crippen LogP contribution in [-0.2, 0) is 16.1 Å². The van der Waals surface area contributed by atoms with Crippen molar-refractivity contribution in [2.75, 3.05) is 26.1 Å². The standard InChI is InChI=1S/C16H17N3O4/c1-19(2)12-6-4-5-11(7-12)10-23-16(21)14-9-17-13(8-18-14)15(20)22-3/h4-9H,10H2,1-3H3. The van der Waals surface area contributed by atoms with E-state index in [1.165, 1.54) is 19.5 Å². The number of aromatic nitrogens is 2. The van der Waals surface area contributed by atoms with E-state index in [9.17, 15) is 9.59 Å². The van der Waals surface area contributed by atoms with Gasteiger partial charge in [0.15, 0.2) is 11.4 Å². The molecule has 0 amide bonds. The number of carbonyl (C=O) groups is 2. The van der Waals surface area contributed by atoms with Gasteiger partial charge in [-0.1, -0.05) is 12.1 Å². The minimum Gasteiger partial charge on any atom is -0.464 e. The van der Waals surface area contributed by atoms with Crippen molar-refractivity contribution in [3.8, 4) is 0 Å². The van der Waals surface area contributed by atoms with E-state index in [2.05, 4.69) is 14.7 Å². The molecule has 0 radical (unpaired) electrons. The average molecular weight is 315 g/mol. The normalized spacial score (nSPS) is 10.0. The van der Waals surface area contributed by atoms with Gasteiger partial charge in [-0.3, -0.25) is 0 Å². The molecule has 0 N–H and O–H groups in total. The zero-order chi connectivity index (χ0) is 16.8. The van der Waals surface area contributed by atoms with Crippen LogP contribution in [0.5, 0.6) is 0 Å². The smallest absolute Gasteiger partial charge is 0.358 e. The molecule has 0 aliphatic rings. The second-order valence-electron chi connectivity index (χ2n) is 4.92. The maximum absolute atomic E-state index is 11.9. The molecule has 0 fully saturated rings. The zero-order valence-electron chi connectivity index (χ0n) is 13.1. The van der Waals surface area contributed by atoms with Crippen LogP contribution in [0.1, 0.15) is 26.5 Å². The molecule has 2 aromatic rings. The van der Waals surface area contributed by atoms with Gasteiger partial charge in [-0.05, 0) is 17.7 Å². The third kappa shape index (κ3) is 4.26. The van der Waals surface area contributed by atoms with E-state index in [-0.39, 0.29) is 18.0 Å². The van der Waals surface area contributed by atoms with Crippen LogP contribution in [0.2, 0.25) is 0 Å². The minimum absolute atomic E-state index is 0.0291. The lowest BCUT2D eigenvalue weighted by Crippen LogP contribution is -2.12. The highest BCUT2D eigenvalue weighted by atomic mass is 16.5. The number of hydrogen-bond donors (Lipinski definition) is 0. The Morgan fingerprint density at radius 3 is 2.30 bits per heavy atom. The molecule has 0 aliphatic carbocycles. The predicted molar refractivity (Wildman–Crippen MR) is 83.3 cm³/mol. The number of esters is 2. The van der Waals surface area contributed by atoms with Crippen LogP contribution in [0.4, 0.5) is 5.69 Å². The molecule has 0 atom stereocenters. The maximum Gasteiger partial charge on any atom is 0.358 e. The summed E-state index contributed by atoms with van der Waals surface area (Å²) in [4.78, 5) is 32.8. The van der Waals surface area contributed by atoms with Crippen molar-refractivity contribution < 1.29 is 19.1 Å². The van der Waals surface area contributed by atoms with E-state index in [1.807, 2.05) is 43.3 Å². The summed E-state index contributed by atoms with van der Waals surface area (Å²) < 4.78 is 9.71. The molecule has 2 rings (SSSR count). The van der Waals surface area contributed by atoms with Crippen molar-refractivity contribution in [1.82, 2.24) is 9.97 Å². The van der Waals surface area contributed by atoms with Crippen LogP contribution in [-0.4, -0.2) is 43.1 Å². The van der Waals surface area contributed by atoms with Gasteiger partial charge in [0.25, 0.3) is 0 Å². The number of benzene rings is 1. The van der Waals surface area contributed by atoms with Crippen LogP contribution >= 0.6 is 0 Å². The Balaban J connectivity index is 1.99. The SMILES string of the molecule is COC(=O)c1cnc(C(=O)OCc2cccc(N(C)C)c2)cn1. The number of carbonyl (C=O) groups excluding carboxylic acids is 2. The quantitative estimate of drug-likeness (QED) is 0.776. The summed E-state index contributed by atoms with van der Waals surface area (Å²) in [5, 5.41) is 0. The lowest BCUT2D eigenvalue weighted by Gasteiger charge is -2.13. The summed E-state index contributed by atoms with van der Waals surface area (Å²) >= 11 is 0. The fraction of sp³-hybridized carbons (Fsp3) is 0.250. The third-order valence-corrected chi connectivity index (χ3v) is 3.05. The second-order valence-corrected chi connectivity index (χ2v) is 4.92. The van der Waals surface area contributed by atoms with Gasteiger partial charge in [-0.2, -0.15) is 0 Å². The largest absolute Gasteiger partial charge is 0.464 e. The molecule has 0 unspecified atom stereocenters. The maximum atomic E-state index is 11.9. The van der Waals surface area contributed by atoms with E-state index >= 15 is 0 Å². The molecule has 120 valence electrons. The highest BCUT2D eigenvalue weighted by molar-refractivity contribution is 5.89. The Hall–Kier alpha value is -2.96. The summed E-state index contributed by atoms with van der Waals surface area (Å²) in [5.74, 6) is -1.22. The highest BCUT2D eigenvalue weighted by Gasteiger charge is 2.13. The fourth-order valence-corrected chi connectivity index (χ4v) is 1.79. The van der Waals surface area contributed by atoms with E-state index < -0.39 is 11.9 Å². The Morgan fingerprint density at radius 1 is 1.09 bits per heavy atom. The van der Waals surface area contributed by atoms with Crippen molar-refractivity contribution in [3.05, 3.63) is 53.6 Å². The second kappa shape index (κ2) is 7.35. The first-order valence-corrected chi connectivity index (χ1v) is 6.85. The number of ether oxygens (including phenoxy) is 2. The molecular formula is C16H17N3O4. The van der Waals surface area contributed by atoms with Crippen molar-refractivity contribution in [2.24, 2.45) is 0 Å². The van der Waals surface area contributed by atoms with Crippen molar-refractivity contribution >= 4 is 17.6 Å². The number of methoxy groups -OCH3 is 1.